The number of halogens is 1. The van der Waals surface area contributed by atoms with Crippen LogP contribution in [0.4, 0.5) is 5.95 Å². The number of nitrogens with two attached hydrogens (primary N) is 1. The van der Waals surface area contributed by atoms with E-state index in [1.807, 2.05) is 24.3 Å². The van der Waals surface area contributed by atoms with Crippen molar-refractivity contribution in [3.05, 3.63) is 40.6 Å². The van der Waals surface area contributed by atoms with Crippen molar-refractivity contribution >= 4 is 33.0 Å². The summed E-state index contributed by atoms with van der Waals surface area (Å²) in [4.78, 5) is 15.0. The molecule has 7 heteroatoms. The molecular formula is C12H10BrN5O. The fourth-order valence-electron chi connectivity index (χ4n) is 1.71. The van der Waals surface area contributed by atoms with Crippen LogP contribution in [0.3, 0.4) is 0 Å². The van der Waals surface area contributed by atoms with E-state index in [4.69, 9.17) is 10.5 Å². The Kier molecular flexibility index (Phi) is 3.04. The van der Waals surface area contributed by atoms with Gasteiger partial charge in [-0.1, -0.05) is 28.1 Å². The molecule has 0 bridgehead atoms. The lowest BCUT2D eigenvalue weighted by molar-refractivity contribution is 0.297. The van der Waals surface area contributed by atoms with Crippen LogP contribution in [-0.4, -0.2) is 19.9 Å². The summed E-state index contributed by atoms with van der Waals surface area (Å²) in [5, 5.41) is 0. The molecule has 2 heterocycles. The van der Waals surface area contributed by atoms with Crippen LogP contribution in [0.2, 0.25) is 0 Å². The van der Waals surface area contributed by atoms with Gasteiger partial charge in [0, 0.05) is 4.47 Å². The molecule has 0 fully saturated rings. The molecular weight excluding hydrogens is 310 g/mol. The number of ether oxygens (including phenoxy) is 1. The lowest BCUT2D eigenvalue weighted by Gasteiger charge is -2.06. The number of nitrogen functional groups attached to an aromatic ring is 1. The second-order valence-corrected chi connectivity index (χ2v) is 4.82. The third-order valence-electron chi connectivity index (χ3n) is 2.53. The summed E-state index contributed by atoms with van der Waals surface area (Å²) in [5.41, 5.74) is 7.78. The lowest BCUT2D eigenvalue weighted by atomic mass is 10.2. The SMILES string of the molecule is Nc1nc(OCc2cccc(Br)c2)c2[nH]cnc2n1. The Hall–Kier alpha value is -2.15. The Balaban J connectivity index is 1.87. The highest BCUT2D eigenvalue weighted by atomic mass is 79.9. The van der Waals surface area contributed by atoms with Crippen LogP contribution in [0.25, 0.3) is 11.2 Å². The number of hydrogen-bond donors (Lipinski definition) is 2. The average Bonchev–Trinajstić information content (AvgIpc) is 2.84. The first-order valence-electron chi connectivity index (χ1n) is 5.56. The molecule has 0 aliphatic rings. The predicted molar refractivity (Wildman–Crippen MR) is 74.6 cm³/mol. The third-order valence-corrected chi connectivity index (χ3v) is 3.03. The molecule has 0 unspecified atom stereocenters. The third kappa shape index (κ3) is 2.50. The van der Waals surface area contributed by atoms with E-state index in [2.05, 4.69) is 35.9 Å². The van der Waals surface area contributed by atoms with E-state index >= 15 is 0 Å². The highest BCUT2D eigenvalue weighted by Crippen LogP contribution is 2.21. The first kappa shape index (κ1) is 11.9. The Labute approximate surface area is 117 Å². The fraction of sp³-hybridized carbons (Fsp3) is 0.0833. The molecule has 3 rings (SSSR count). The second kappa shape index (κ2) is 4.85. The predicted octanol–water partition coefficient (Wildman–Crippen LogP) is 2.28. The summed E-state index contributed by atoms with van der Waals surface area (Å²) in [7, 11) is 0. The van der Waals surface area contributed by atoms with Crippen molar-refractivity contribution in [2.45, 2.75) is 6.61 Å². The molecule has 0 radical (unpaired) electrons. The summed E-state index contributed by atoms with van der Waals surface area (Å²) in [6.07, 6.45) is 1.53. The van der Waals surface area contributed by atoms with Crippen molar-refractivity contribution in [2.24, 2.45) is 0 Å². The zero-order valence-electron chi connectivity index (χ0n) is 9.80. The van der Waals surface area contributed by atoms with Gasteiger partial charge in [0.15, 0.2) is 5.65 Å². The van der Waals surface area contributed by atoms with Crippen molar-refractivity contribution in [1.82, 2.24) is 19.9 Å². The fourth-order valence-corrected chi connectivity index (χ4v) is 2.15. The summed E-state index contributed by atoms with van der Waals surface area (Å²) in [5.74, 6) is 0.545. The van der Waals surface area contributed by atoms with E-state index in [-0.39, 0.29) is 5.95 Å². The molecule has 0 aliphatic heterocycles. The number of fused-ring (bicyclic) bond motifs is 1. The zero-order valence-corrected chi connectivity index (χ0v) is 11.4. The topological polar surface area (TPSA) is 89.7 Å². The number of imidazole rings is 1. The van der Waals surface area contributed by atoms with E-state index in [9.17, 15) is 0 Å². The molecule has 0 aliphatic carbocycles. The molecule has 0 saturated carbocycles. The van der Waals surface area contributed by atoms with Gasteiger partial charge in [0.2, 0.25) is 11.8 Å². The Morgan fingerprint density at radius 2 is 2.21 bits per heavy atom. The number of H-pyrrole nitrogens is 1. The highest BCUT2D eigenvalue weighted by Gasteiger charge is 2.09. The number of nitrogens with zero attached hydrogens (tertiary/aromatic N) is 3. The molecule has 19 heavy (non-hydrogen) atoms. The van der Waals surface area contributed by atoms with Gasteiger partial charge in [0.1, 0.15) is 12.1 Å². The monoisotopic (exact) mass is 319 g/mol. The number of aromatic amines is 1. The van der Waals surface area contributed by atoms with Crippen LogP contribution < -0.4 is 10.5 Å². The molecule has 3 aromatic rings. The van der Waals surface area contributed by atoms with Gasteiger partial charge < -0.3 is 15.5 Å². The molecule has 1 aromatic carbocycles. The minimum Gasteiger partial charge on any atom is -0.471 e. The first-order valence-corrected chi connectivity index (χ1v) is 6.35. The minimum absolute atomic E-state index is 0.142. The standard InChI is InChI=1S/C12H10BrN5O/c13-8-3-1-2-7(4-8)5-19-11-9-10(16-6-15-9)17-12(14)18-11/h1-4,6H,5H2,(H3,14,15,16,17,18). The molecule has 0 amide bonds. The number of nitrogens with one attached hydrogen (secondary N) is 1. The lowest BCUT2D eigenvalue weighted by Crippen LogP contribution is -2.02. The number of hydrogen-bond acceptors (Lipinski definition) is 5. The van der Waals surface area contributed by atoms with E-state index in [0.29, 0.717) is 23.7 Å². The van der Waals surface area contributed by atoms with E-state index in [1.165, 1.54) is 6.33 Å². The van der Waals surface area contributed by atoms with Crippen LogP contribution in [0, 0.1) is 0 Å². The van der Waals surface area contributed by atoms with Crippen molar-refractivity contribution in [3.63, 3.8) is 0 Å². The van der Waals surface area contributed by atoms with Gasteiger partial charge in [-0.25, -0.2) is 4.98 Å². The molecule has 0 saturated heterocycles. The van der Waals surface area contributed by atoms with Crippen molar-refractivity contribution in [3.8, 4) is 5.88 Å². The maximum atomic E-state index is 5.68. The summed E-state index contributed by atoms with van der Waals surface area (Å²) >= 11 is 3.42. The normalized spacial score (nSPS) is 10.8. The second-order valence-electron chi connectivity index (χ2n) is 3.91. The maximum absolute atomic E-state index is 5.68. The van der Waals surface area contributed by atoms with Crippen molar-refractivity contribution in [1.29, 1.82) is 0 Å². The number of aromatic nitrogens is 4. The van der Waals surface area contributed by atoms with Gasteiger partial charge in [-0.15, -0.1) is 0 Å². The molecule has 2 aromatic heterocycles. The smallest absolute Gasteiger partial charge is 0.245 e. The van der Waals surface area contributed by atoms with Crippen LogP contribution in [0.15, 0.2) is 35.1 Å². The average molecular weight is 320 g/mol. The summed E-state index contributed by atoms with van der Waals surface area (Å²) in [6, 6.07) is 7.86. The number of anilines is 1. The number of benzene rings is 1. The van der Waals surface area contributed by atoms with Gasteiger partial charge in [0.25, 0.3) is 0 Å². The minimum atomic E-state index is 0.142. The van der Waals surface area contributed by atoms with Crippen LogP contribution in [0.1, 0.15) is 5.56 Å². The quantitative estimate of drug-likeness (QED) is 0.773. The Morgan fingerprint density at radius 3 is 3.05 bits per heavy atom. The highest BCUT2D eigenvalue weighted by molar-refractivity contribution is 9.10. The van der Waals surface area contributed by atoms with Gasteiger partial charge >= 0.3 is 0 Å². The molecule has 0 atom stereocenters. The van der Waals surface area contributed by atoms with Gasteiger partial charge in [0.05, 0.1) is 6.33 Å². The Bertz CT molecular complexity index is 727. The van der Waals surface area contributed by atoms with Gasteiger partial charge in [-0.05, 0) is 17.7 Å². The summed E-state index contributed by atoms with van der Waals surface area (Å²) < 4.78 is 6.68. The molecule has 3 N–H and O–H groups in total. The molecule has 96 valence electrons. The van der Waals surface area contributed by atoms with Crippen molar-refractivity contribution < 1.29 is 4.74 Å². The van der Waals surface area contributed by atoms with Gasteiger partial charge in [-0.2, -0.15) is 9.97 Å². The number of rotatable bonds is 3. The largest absolute Gasteiger partial charge is 0.471 e. The van der Waals surface area contributed by atoms with E-state index in [0.717, 1.165) is 10.0 Å². The summed E-state index contributed by atoms with van der Waals surface area (Å²) in [6.45, 7) is 0.393. The zero-order chi connectivity index (χ0) is 13.2. The Morgan fingerprint density at radius 1 is 1.32 bits per heavy atom. The van der Waals surface area contributed by atoms with Gasteiger partial charge in [-0.3, -0.25) is 0 Å². The van der Waals surface area contributed by atoms with E-state index in [1.54, 1.807) is 0 Å². The molecule has 0 spiro atoms. The van der Waals surface area contributed by atoms with Crippen molar-refractivity contribution in [2.75, 3.05) is 5.73 Å². The van der Waals surface area contributed by atoms with Crippen LogP contribution in [-0.2, 0) is 6.61 Å². The maximum Gasteiger partial charge on any atom is 0.245 e. The molecule has 6 nitrogen and oxygen atoms in total. The van der Waals surface area contributed by atoms with Crippen LogP contribution >= 0.6 is 15.9 Å². The first-order chi connectivity index (χ1) is 9.22. The van der Waals surface area contributed by atoms with E-state index < -0.39 is 0 Å². The van der Waals surface area contributed by atoms with Crippen LogP contribution in [0.5, 0.6) is 5.88 Å².